The predicted octanol–water partition coefficient (Wildman–Crippen LogP) is 2.20. The van der Waals surface area contributed by atoms with Crippen molar-refractivity contribution in [2.75, 3.05) is 23.8 Å². The zero-order chi connectivity index (χ0) is 13.1. The molecule has 1 heterocycles. The van der Waals surface area contributed by atoms with Gasteiger partial charge in [-0.25, -0.2) is 4.39 Å². The van der Waals surface area contributed by atoms with Gasteiger partial charge in [0.15, 0.2) is 0 Å². The molecule has 1 aliphatic heterocycles. The number of nitrogens with two attached hydrogens (primary N) is 1. The molecule has 0 aromatic heterocycles. The largest absolute Gasteiger partial charge is 0.398 e. The maximum atomic E-state index is 13.5. The Balaban J connectivity index is 2.00. The molecule has 1 amide bonds. The van der Waals surface area contributed by atoms with Crippen molar-refractivity contribution in [3.8, 4) is 0 Å². The van der Waals surface area contributed by atoms with Gasteiger partial charge in [-0.3, -0.25) is 4.79 Å². The first-order chi connectivity index (χ1) is 8.58. The second kappa shape index (κ2) is 5.61. The monoisotopic (exact) mass is 268 g/mol. The number of nitrogens with one attached hydrogen (secondary N) is 1. The molecule has 0 aliphatic carbocycles. The number of thioether (sulfide) groups is 1. The maximum absolute atomic E-state index is 13.5. The van der Waals surface area contributed by atoms with E-state index in [9.17, 15) is 9.18 Å². The van der Waals surface area contributed by atoms with Crippen LogP contribution in [0.5, 0.6) is 0 Å². The summed E-state index contributed by atoms with van der Waals surface area (Å²) in [5, 5.41) is 2.84. The van der Waals surface area contributed by atoms with Gasteiger partial charge in [-0.1, -0.05) is 0 Å². The Hall–Kier alpha value is -1.23. The van der Waals surface area contributed by atoms with Crippen molar-refractivity contribution in [1.82, 2.24) is 5.32 Å². The van der Waals surface area contributed by atoms with Gasteiger partial charge >= 0.3 is 0 Å². The summed E-state index contributed by atoms with van der Waals surface area (Å²) in [6.07, 6.45) is 1.13. The van der Waals surface area contributed by atoms with Gasteiger partial charge in [0.05, 0.1) is 0 Å². The highest BCUT2D eigenvalue weighted by molar-refractivity contribution is 7.99. The van der Waals surface area contributed by atoms with Crippen molar-refractivity contribution >= 4 is 23.4 Å². The third-order valence-corrected chi connectivity index (χ3v) is 4.45. The number of rotatable bonds is 3. The van der Waals surface area contributed by atoms with Gasteiger partial charge in [-0.2, -0.15) is 11.8 Å². The first-order valence-electron chi connectivity index (χ1n) is 5.99. The Bertz CT molecular complexity index is 435. The number of hydrogen-bond donors (Lipinski definition) is 2. The molecule has 1 fully saturated rings. The molecule has 18 heavy (non-hydrogen) atoms. The van der Waals surface area contributed by atoms with Crippen LogP contribution in [0.1, 0.15) is 22.3 Å². The smallest absolute Gasteiger partial charge is 0.251 e. The number of amides is 1. The molecule has 0 bridgehead atoms. The van der Waals surface area contributed by atoms with Crippen LogP contribution in [0.15, 0.2) is 12.1 Å². The fourth-order valence-corrected chi connectivity index (χ4v) is 3.20. The molecule has 0 radical (unpaired) electrons. The van der Waals surface area contributed by atoms with E-state index in [2.05, 4.69) is 5.32 Å². The topological polar surface area (TPSA) is 55.1 Å². The number of carbonyl (C=O) groups is 1. The SMILES string of the molecule is Cc1c(N)cc(C(=O)NCC2CCSC2)cc1F. The van der Waals surface area contributed by atoms with Gasteiger partial charge in [0.1, 0.15) is 5.82 Å². The van der Waals surface area contributed by atoms with Crippen molar-refractivity contribution in [2.24, 2.45) is 5.92 Å². The first kappa shape index (κ1) is 13.2. The zero-order valence-electron chi connectivity index (χ0n) is 10.3. The van der Waals surface area contributed by atoms with Crippen LogP contribution in [0.3, 0.4) is 0 Å². The minimum Gasteiger partial charge on any atom is -0.398 e. The molecule has 1 atom stereocenters. The minimum atomic E-state index is -0.434. The zero-order valence-corrected chi connectivity index (χ0v) is 11.1. The third kappa shape index (κ3) is 2.96. The van der Waals surface area contributed by atoms with Crippen molar-refractivity contribution in [3.63, 3.8) is 0 Å². The first-order valence-corrected chi connectivity index (χ1v) is 7.15. The maximum Gasteiger partial charge on any atom is 0.251 e. The summed E-state index contributed by atoms with van der Waals surface area (Å²) in [4.78, 5) is 11.9. The van der Waals surface area contributed by atoms with Crippen LogP contribution >= 0.6 is 11.8 Å². The molecule has 1 aliphatic rings. The standard InChI is InChI=1S/C13H17FN2OS/c1-8-11(14)4-10(5-12(8)15)13(17)16-6-9-2-3-18-7-9/h4-5,9H,2-3,6-7,15H2,1H3,(H,16,17). The Morgan fingerprint density at radius 3 is 3.00 bits per heavy atom. The molecular weight excluding hydrogens is 251 g/mol. The number of halogens is 1. The van der Waals surface area contributed by atoms with Crippen molar-refractivity contribution < 1.29 is 9.18 Å². The van der Waals surface area contributed by atoms with Crippen LogP contribution in [0.2, 0.25) is 0 Å². The fourth-order valence-electron chi connectivity index (χ4n) is 1.91. The molecule has 3 nitrogen and oxygen atoms in total. The lowest BCUT2D eigenvalue weighted by atomic mass is 10.1. The van der Waals surface area contributed by atoms with E-state index in [-0.39, 0.29) is 5.91 Å². The Morgan fingerprint density at radius 2 is 2.39 bits per heavy atom. The summed E-state index contributed by atoms with van der Waals surface area (Å²) in [6, 6.07) is 2.77. The lowest BCUT2D eigenvalue weighted by molar-refractivity contribution is 0.0948. The van der Waals surface area contributed by atoms with Crippen LogP contribution in [0.25, 0.3) is 0 Å². The quantitative estimate of drug-likeness (QED) is 0.826. The molecule has 1 saturated heterocycles. The van der Waals surface area contributed by atoms with Crippen molar-refractivity contribution in [1.29, 1.82) is 0 Å². The average Bonchev–Trinajstić information content (AvgIpc) is 2.85. The van der Waals surface area contributed by atoms with Crippen molar-refractivity contribution in [3.05, 3.63) is 29.1 Å². The molecule has 1 aromatic rings. The van der Waals surface area contributed by atoms with Crippen LogP contribution in [0.4, 0.5) is 10.1 Å². The Labute approximate surface area is 110 Å². The summed E-state index contributed by atoms with van der Waals surface area (Å²) >= 11 is 1.91. The molecule has 0 spiro atoms. The van der Waals surface area contributed by atoms with E-state index in [1.807, 2.05) is 11.8 Å². The Kier molecular flexibility index (Phi) is 4.11. The number of carbonyl (C=O) groups excluding carboxylic acids is 1. The summed E-state index contributed by atoms with van der Waals surface area (Å²) < 4.78 is 13.5. The molecule has 3 N–H and O–H groups in total. The van der Waals surface area contributed by atoms with Crippen LogP contribution < -0.4 is 11.1 Å². The molecular formula is C13H17FN2OS. The molecule has 0 saturated carbocycles. The lowest BCUT2D eigenvalue weighted by Crippen LogP contribution is -2.29. The van der Waals surface area contributed by atoms with Crippen LogP contribution in [0, 0.1) is 18.7 Å². The normalized spacial score (nSPS) is 18.9. The summed E-state index contributed by atoms with van der Waals surface area (Å²) in [7, 11) is 0. The van der Waals surface area contributed by atoms with Gasteiger partial charge in [0, 0.05) is 23.4 Å². The molecule has 1 unspecified atom stereocenters. The summed E-state index contributed by atoms with van der Waals surface area (Å²) in [6.45, 7) is 2.25. The van der Waals surface area contributed by atoms with Gasteiger partial charge in [-0.05, 0) is 42.9 Å². The summed E-state index contributed by atoms with van der Waals surface area (Å²) in [5.41, 5.74) is 6.65. The highest BCUT2D eigenvalue weighted by atomic mass is 32.2. The lowest BCUT2D eigenvalue weighted by Gasteiger charge is -2.11. The van der Waals surface area contributed by atoms with E-state index >= 15 is 0 Å². The molecule has 1 aromatic carbocycles. The average molecular weight is 268 g/mol. The van der Waals surface area contributed by atoms with E-state index < -0.39 is 5.82 Å². The van der Waals surface area contributed by atoms with Gasteiger partial charge in [0.25, 0.3) is 5.91 Å². The summed E-state index contributed by atoms with van der Waals surface area (Å²) in [5.74, 6) is 2.10. The third-order valence-electron chi connectivity index (χ3n) is 3.22. The highest BCUT2D eigenvalue weighted by Crippen LogP contribution is 2.23. The van der Waals surface area contributed by atoms with Crippen molar-refractivity contribution in [2.45, 2.75) is 13.3 Å². The Morgan fingerprint density at radius 1 is 1.61 bits per heavy atom. The number of nitrogen functional groups attached to an aromatic ring is 1. The van der Waals surface area contributed by atoms with E-state index in [1.165, 1.54) is 12.1 Å². The van der Waals surface area contributed by atoms with Crippen LogP contribution in [-0.2, 0) is 0 Å². The van der Waals surface area contributed by atoms with E-state index in [0.29, 0.717) is 29.3 Å². The predicted molar refractivity (Wildman–Crippen MR) is 73.3 cm³/mol. The molecule has 98 valence electrons. The molecule has 2 rings (SSSR count). The minimum absolute atomic E-state index is 0.252. The van der Waals surface area contributed by atoms with Gasteiger partial charge in [-0.15, -0.1) is 0 Å². The number of hydrogen-bond acceptors (Lipinski definition) is 3. The number of benzene rings is 1. The second-order valence-corrected chi connectivity index (χ2v) is 5.76. The van der Waals surface area contributed by atoms with E-state index in [1.54, 1.807) is 6.92 Å². The van der Waals surface area contributed by atoms with E-state index in [0.717, 1.165) is 17.9 Å². The number of anilines is 1. The van der Waals surface area contributed by atoms with E-state index in [4.69, 9.17) is 5.73 Å². The van der Waals surface area contributed by atoms with Crippen LogP contribution in [-0.4, -0.2) is 24.0 Å². The molecule has 5 heteroatoms. The second-order valence-electron chi connectivity index (χ2n) is 4.61. The van der Waals surface area contributed by atoms with Gasteiger partial charge in [0.2, 0.25) is 0 Å². The highest BCUT2D eigenvalue weighted by Gasteiger charge is 2.17. The fraction of sp³-hybridized carbons (Fsp3) is 0.462. The van der Waals surface area contributed by atoms with Gasteiger partial charge < -0.3 is 11.1 Å².